The highest BCUT2D eigenvalue weighted by atomic mass is 14.3. The highest BCUT2D eigenvalue weighted by molar-refractivity contribution is 5.80. The monoisotopic (exact) mass is 306 g/mol. The fourth-order valence-electron chi connectivity index (χ4n) is 4.14. The number of hydrogen-bond donors (Lipinski definition) is 0. The Bertz CT molecular complexity index is 638. The average Bonchev–Trinajstić information content (AvgIpc) is 2.91. The van der Waals surface area contributed by atoms with Gasteiger partial charge in [0.1, 0.15) is 0 Å². The average molecular weight is 306 g/mol. The van der Waals surface area contributed by atoms with Gasteiger partial charge in [-0.25, -0.2) is 0 Å². The van der Waals surface area contributed by atoms with Gasteiger partial charge in [-0.3, -0.25) is 0 Å². The van der Waals surface area contributed by atoms with Crippen LogP contribution in [0.1, 0.15) is 81.4 Å². The summed E-state index contributed by atoms with van der Waals surface area (Å²) in [6, 6.07) is 16.1. The van der Waals surface area contributed by atoms with Gasteiger partial charge >= 0.3 is 0 Å². The molecule has 23 heavy (non-hydrogen) atoms. The summed E-state index contributed by atoms with van der Waals surface area (Å²) in [6.07, 6.45) is 10.5. The van der Waals surface area contributed by atoms with E-state index in [9.17, 15) is 0 Å². The lowest BCUT2D eigenvalue weighted by atomic mass is 9.87. The molecule has 2 aromatic rings. The molecule has 1 atom stereocenters. The predicted molar refractivity (Wildman–Crippen MR) is 101 cm³/mol. The van der Waals surface area contributed by atoms with Crippen LogP contribution in [0.15, 0.2) is 42.5 Å². The molecule has 0 N–H and O–H groups in total. The summed E-state index contributed by atoms with van der Waals surface area (Å²) < 4.78 is 0. The van der Waals surface area contributed by atoms with Gasteiger partial charge in [0.2, 0.25) is 0 Å². The van der Waals surface area contributed by atoms with Crippen molar-refractivity contribution < 1.29 is 0 Å². The van der Waals surface area contributed by atoms with Gasteiger partial charge in [-0.15, -0.1) is 0 Å². The van der Waals surface area contributed by atoms with Crippen LogP contribution in [0.4, 0.5) is 0 Å². The molecular weight excluding hydrogens is 276 g/mol. The molecule has 1 aliphatic carbocycles. The number of aryl methyl sites for hydroxylation is 1. The molecule has 1 aliphatic rings. The molecule has 0 aliphatic heterocycles. The van der Waals surface area contributed by atoms with Gasteiger partial charge in [0, 0.05) is 5.92 Å². The van der Waals surface area contributed by atoms with E-state index < -0.39 is 0 Å². The first-order chi connectivity index (χ1) is 11.4. The molecule has 3 rings (SSSR count). The topological polar surface area (TPSA) is 0 Å². The van der Waals surface area contributed by atoms with Gasteiger partial charge in [-0.05, 0) is 47.1 Å². The molecule has 0 nitrogen and oxygen atoms in total. The number of fused-ring (bicyclic) bond motifs is 3. The Morgan fingerprint density at radius 1 is 0.739 bits per heavy atom. The molecule has 1 unspecified atom stereocenters. The zero-order valence-electron chi connectivity index (χ0n) is 14.8. The third kappa shape index (κ3) is 3.37. The van der Waals surface area contributed by atoms with Gasteiger partial charge in [0.05, 0.1) is 0 Å². The minimum absolute atomic E-state index is 0.630. The molecule has 0 heterocycles. The molecule has 0 heteroatoms. The molecular formula is C23H30. The predicted octanol–water partition coefficient (Wildman–Crippen LogP) is 7.11. The lowest BCUT2D eigenvalue weighted by molar-refractivity contribution is 0.619. The maximum absolute atomic E-state index is 2.38. The maximum Gasteiger partial charge on any atom is 0.0104 e. The van der Waals surface area contributed by atoms with Crippen molar-refractivity contribution in [3.05, 3.63) is 59.2 Å². The van der Waals surface area contributed by atoms with E-state index in [-0.39, 0.29) is 0 Å². The van der Waals surface area contributed by atoms with Crippen LogP contribution in [0.2, 0.25) is 0 Å². The lowest BCUT2D eigenvalue weighted by Gasteiger charge is -2.17. The molecule has 2 aromatic carbocycles. The Morgan fingerprint density at radius 3 is 2.30 bits per heavy atom. The van der Waals surface area contributed by atoms with E-state index in [1.54, 1.807) is 16.7 Å². The van der Waals surface area contributed by atoms with Crippen LogP contribution in [-0.2, 0) is 6.42 Å². The summed E-state index contributed by atoms with van der Waals surface area (Å²) in [5, 5.41) is 0. The fraction of sp³-hybridized carbons (Fsp3) is 0.478. The van der Waals surface area contributed by atoms with Crippen LogP contribution >= 0.6 is 0 Å². The number of unbranched alkanes of at least 4 members (excludes halogenated alkanes) is 4. The molecule has 0 saturated carbocycles. The quantitative estimate of drug-likeness (QED) is 0.456. The standard InChI is InChI=1S/C23H30/c1-3-5-7-12-18-13-11-17-22-20-15-10-9-14-19(20)21(23(18)22)16-8-6-4-2/h9-11,13-15,17,21H,3-8,12,16H2,1-2H3. The molecule has 0 saturated heterocycles. The van der Waals surface area contributed by atoms with Crippen LogP contribution in [0, 0.1) is 0 Å². The van der Waals surface area contributed by atoms with Crippen molar-refractivity contribution in [2.24, 2.45) is 0 Å². The summed E-state index contributed by atoms with van der Waals surface area (Å²) in [6.45, 7) is 4.59. The normalized spacial score (nSPS) is 15.5. The third-order valence-corrected chi connectivity index (χ3v) is 5.32. The van der Waals surface area contributed by atoms with Crippen molar-refractivity contribution in [3.63, 3.8) is 0 Å². The van der Waals surface area contributed by atoms with Gasteiger partial charge < -0.3 is 0 Å². The van der Waals surface area contributed by atoms with E-state index in [1.165, 1.54) is 62.5 Å². The highest BCUT2D eigenvalue weighted by Gasteiger charge is 2.29. The number of rotatable bonds is 8. The summed E-state index contributed by atoms with van der Waals surface area (Å²) in [5.41, 5.74) is 7.83. The van der Waals surface area contributed by atoms with Crippen LogP contribution in [-0.4, -0.2) is 0 Å². The van der Waals surface area contributed by atoms with E-state index in [1.807, 2.05) is 0 Å². The van der Waals surface area contributed by atoms with Gasteiger partial charge in [-0.1, -0.05) is 88.4 Å². The summed E-state index contributed by atoms with van der Waals surface area (Å²) >= 11 is 0. The van der Waals surface area contributed by atoms with E-state index in [2.05, 4.69) is 56.3 Å². The van der Waals surface area contributed by atoms with Crippen molar-refractivity contribution in [2.75, 3.05) is 0 Å². The van der Waals surface area contributed by atoms with E-state index in [0.29, 0.717) is 5.92 Å². The Hall–Kier alpha value is -1.56. The molecule has 0 amide bonds. The van der Waals surface area contributed by atoms with E-state index >= 15 is 0 Å². The fourth-order valence-corrected chi connectivity index (χ4v) is 4.14. The minimum atomic E-state index is 0.630. The summed E-state index contributed by atoms with van der Waals surface area (Å²) in [5.74, 6) is 0.630. The Labute approximate surface area is 141 Å². The van der Waals surface area contributed by atoms with Crippen molar-refractivity contribution in [1.82, 2.24) is 0 Å². The second-order valence-corrected chi connectivity index (χ2v) is 6.97. The first-order valence-electron chi connectivity index (χ1n) is 9.57. The second kappa shape index (κ2) is 7.81. The smallest absolute Gasteiger partial charge is 0.0104 e. The van der Waals surface area contributed by atoms with Crippen LogP contribution in [0.5, 0.6) is 0 Å². The van der Waals surface area contributed by atoms with Crippen LogP contribution < -0.4 is 0 Å². The van der Waals surface area contributed by atoms with Crippen molar-refractivity contribution in [2.45, 2.75) is 71.1 Å². The largest absolute Gasteiger partial charge is 0.0654 e. The third-order valence-electron chi connectivity index (χ3n) is 5.32. The summed E-state index contributed by atoms with van der Waals surface area (Å²) in [7, 11) is 0. The molecule has 0 radical (unpaired) electrons. The maximum atomic E-state index is 2.38. The molecule has 0 aromatic heterocycles. The minimum Gasteiger partial charge on any atom is -0.0654 e. The molecule has 0 bridgehead atoms. The van der Waals surface area contributed by atoms with Crippen LogP contribution in [0.25, 0.3) is 11.1 Å². The van der Waals surface area contributed by atoms with Crippen molar-refractivity contribution in [1.29, 1.82) is 0 Å². The number of hydrogen-bond acceptors (Lipinski definition) is 0. The zero-order valence-corrected chi connectivity index (χ0v) is 14.8. The zero-order chi connectivity index (χ0) is 16.1. The molecule has 122 valence electrons. The Morgan fingerprint density at radius 2 is 1.48 bits per heavy atom. The van der Waals surface area contributed by atoms with Crippen molar-refractivity contribution >= 4 is 0 Å². The first-order valence-corrected chi connectivity index (χ1v) is 9.57. The summed E-state index contributed by atoms with van der Waals surface area (Å²) in [4.78, 5) is 0. The van der Waals surface area contributed by atoms with Gasteiger partial charge in [0.25, 0.3) is 0 Å². The van der Waals surface area contributed by atoms with Crippen molar-refractivity contribution in [3.8, 4) is 11.1 Å². The van der Waals surface area contributed by atoms with Gasteiger partial charge in [-0.2, -0.15) is 0 Å². The second-order valence-electron chi connectivity index (χ2n) is 6.97. The molecule has 0 fully saturated rings. The Kier molecular flexibility index (Phi) is 5.54. The van der Waals surface area contributed by atoms with Gasteiger partial charge in [0.15, 0.2) is 0 Å². The van der Waals surface area contributed by atoms with Crippen LogP contribution in [0.3, 0.4) is 0 Å². The molecule has 0 spiro atoms. The first kappa shape index (κ1) is 16.3. The number of benzene rings is 2. The lowest BCUT2D eigenvalue weighted by Crippen LogP contribution is -2.01. The van der Waals surface area contributed by atoms with E-state index in [0.717, 1.165) is 0 Å². The Balaban J connectivity index is 1.94. The highest BCUT2D eigenvalue weighted by Crippen LogP contribution is 2.48. The van der Waals surface area contributed by atoms with E-state index in [4.69, 9.17) is 0 Å². The SMILES string of the molecule is CCCCCc1cccc2c1C(CCCCC)c1ccccc1-2.